The third-order valence-corrected chi connectivity index (χ3v) is 2.93. The Balaban J connectivity index is 3.05. The molecule has 0 bridgehead atoms. The van der Waals surface area contributed by atoms with E-state index in [0.29, 0.717) is 10.6 Å². The number of benzene rings is 1. The highest BCUT2D eigenvalue weighted by Gasteiger charge is 2.15. The lowest BCUT2D eigenvalue weighted by Gasteiger charge is -2.08. The third kappa shape index (κ3) is 3.88. The number of carbonyl (C=O) groups is 1. The van der Waals surface area contributed by atoms with Gasteiger partial charge in [0.15, 0.2) is 5.78 Å². The minimum Gasteiger partial charge on any atom is -0.507 e. The molecule has 0 saturated carbocycles. The van der Waals surface area contributed by atoms with Crippen LogP contribution >= 0.6 is 11.6 Å². The van der Waals surface area contributed by atoms with Gasteiger partial charge in [-0.25, -0.2) is 0 Å². The van der Waals surface area contributed by atoms with Crippen molar-refractivity contribution in [1.82, 2.24) is 0 Å². The average Bonchev–Trinajstić information content (AvgIpc) is 2.36. The van der Waals surface area contributed by atoms with Crippen molar-refractivity contribution in [3.8, 4) is 5.75 Å². The van der Waals surface area contributed by atoms with Gasteiger partial charge in [0.1, 0.15) is 5.75 Å². The van der Waals surface area contributed by atoms with Gasteiger partial charge in [0.2, 0.25) is 0 Å². The number of phenolic OH excluding ortho intramolecular Hbond substituents is 1. The first-order valence-electron chi connectivity index (χ1n) is 6.32. The molecule has 0 unspecified atom stereocenters. The zero-order valence-electron chi connectivity index (χ0n) is 10.9. The molecular weight excluding hydrogens is 248 g/mol. The molecule has 3 heteroatoms. The number of halogens is 1. The number of unbranched alkanes of at least 4 members (excludes halogenated alkanes) is 1. The molecule has 1 N–H and O–H groups in total. The first-order valence-corrected chi connectivity index (χ1v) is 6.70. The van der Waals surface area contributed by atoms with Crippen LogP contribution in [0.15, 0.2) is 29.8 Å². The molecule has 1 aromatic rings. The predicted octanol–water partition coefficient (Wildman–Crippen LogP) is 4.75. The van der Waals surface area contributed by atoms with Gasteiger partial charge in [-0.15, -0.1) is 0 Å². The maximum absolute atomic E-state index is 12.3. The number of phenols is 1. The first kappa shape index (κ1) is 14.8. The van der Waals surface area contributed by atoms with Crippen LogP contribution in [0.1, 0.15) is 49.9 Å². The molecule has 1 aromatic carbocycles. The van der Waals surface area contributed by atoms with E-state index >= 15 is 0 Å². The van der Waals surface area contributed by atoms with Crippen LogP contribution in [0.3, 0.4) is 0 Å². The smallest absolute Gasteiger partial charge is 0.192 e. The van der Waals surface area contributed by atoms with Crippen molar-refractivity contribution < 1.29 is 9.90 Å². The van der Waals surface area contributed by atoms with Crippen LogP contribution in [0.25, 0.3) is 0 Å². The first-order chi connectivity index (χ1) is 8.60. The Morgan fingerprint density at radius 3 is 2.67 bits per heavy atom. The Hall–Kier alpha value is -1.28. The average molecular weight is 267 g/mol. The molecule has 0 radical (unpaired) electrons. The quantitative estimate of drug-likeness (QED) is 0.596. The molecule has 0 saturated heterocycles. The molecule has 0 aromatic heterocycles. The lowest BCUT2D eigenvalue weighted by Crippen LogP contribution is -2.04. The van der Waals surface area contributed by atoms with E-state index < -0.39 is 0 Å². The van der Waals surface area contributed by atoms with Crippen molar-refractivity contribution in [2.75, 3.05) is 0 Å². The third-order valence-electron chi connectivity index (χ3n) is 2.69. The van der Waals surface area contributed by atoms with Crippen LogP contribution < -0.4 is 0 Å². The van der Waals surface area contributed by atoms with E-state index in [9.17, 15) is 9.90 Å². The second kappa shape index (κ2) is 7.22. The zero-order valence-corrected chi connectivity index (χ0v) is 11.6. The second-order valence-electron chi connectivity index (χ2n) is 4.26. The summed E-state index contributed by atoms with van der Waals surface area (Å²) < 4.78 is 0. The normalized spacial score (nSPS) is 11.6. The molecular formula is C15H19ClO2. The standard InChI is InChI=1S/C15H19ClO2/c1-3-5-7-11(6-4-2)15(18)13-10-12(16)8-9-14(13)17/h7-10,17H,3-6H2,1-2H3/b11-7+. The summed E-state index contributed by atoms with van der Waals surface area (Å²) in [6.45, 7) is 4.10. The molecule has 0 spiro atoms. The minimum absolute atomic E-state index is 0.0112. The predicted molar refractivity (Wildman–Crippen MR) is 75.3 cm³/mol. The van der Waals surface area contributed by atoms with Crippen LogP contribution in [0.5, 0.6) is 5.75 Å². The number of aromatic hydroxyl groups is 1. The van der Waals surface area contributed by atoms with Crippen molar-refractivity contribution in [3.63, 3.8) is 0 Å². The van der Waals surface area contributed by atoms with Gasteiger partial charge in [0, 0.05) is 5.02 Å². The summed E-state index contributed by atoms with van der Waals surface area (Å²) >= 11 is 5.86. The van der Waals surface area contributed by atoms with Crippen LogP contribution in [-0.2, 0) is 0 Å². The Kier molecular flexibility index (Phi) is 5.93. The fraction of sp³-hybridized carbons (Fsp3) is 0.400. The van der Waals surface area contributed by atoms with E-state index in [2.05, 4.69) is 6.92 Å². The lowest BCUT2D eigenvalue weighted by molar-refractivity contribution is 0.102. The van der Waals surface area contributed by atoms with Gasteiger partial charge >= 0.3 is 0 Å². The van der Waals surface area contributed by atoms with Crippen LogP contribution in [-0.4, -0.2) is 10.9 Å². The SMILES string of the molecule is CCC/C=C(\CCC)C(=O)c1cc(Cl)ccc1O. The Morgan fingerprint density at radius 2 is 2.06 bits per heavy atom. The number of Topliss-reactive ketones (excluding diaryl/α,β-unsaturated/α-hetero) is 1. The highest BCUT2D eigenvalue weighted by atomic mass is 35.5. The number of hydrogen-bond acceptors (Lipinski definition) is 2. The number of rotatable bonds is 6. The maximum atomic E-state index is 12.3. The molecule has 98 valence electrons. The fourth-order valence-electron chi connectivity index (χ4n) is 1.76. The molecule has 18 heavy (non-hydrogen) atoms. The molecule has 0 fully saturated rings. The molecule has 0 aliphatic carbocycles. The molecule has 0 heterocycles. The molecule has 1 rings (SSSR count). The number of hydrogen-bond donors (Lipinski definition) is 1. The van der Waals surface area contributed by atoms with Gasteiger partial charge in [-0.2, -0.15) is 0 Å². The van der Waals surface area contributed by atoms with Crippen LogP contribution in [0.4, 0.5) is 0 Å². The van der Waals surface area contributed by atoms with Crippen molar-refractivity contribution in [1.29, 1.82) is 0 Å². The van der Waals surface area contributed by atoms with E-state index in [1.807, 2.05) is 13.0 Å². The van der Waals surface area contributed by atoms with Gasteiger partial charge in [0.05, 0.1) is 5.56 Å². The molecule has 0 aliphatic heterocycles. The lowest BCUT2D eigenvalue weighted by atomic mass is 9.98. The number of allylic oxidation sites excluding steroid dienone is 2. The monoisotopic (exact) mass is 266 g/mol. The summed E-state index contributed by atoms with van der Waals surface area (Å²) in [5.74, 6) is -0.131. The van der Waals surface area contributed by atoms with Crippen LogP contribution in [0.2, 0.25) is 5.02 Å². The fourth-order valence-corrected chi connectivity index (χ4v) is 1.93. The van der Waals surface area contributed by atoms with Crippen molar-refractivity contribution >= 4 is 17.4 Å². The Labute approximate surface area is 113 Å². The zero-order chi connectivity index (χ0) is 13.5. The minimum atomic E-state index is -0.120. The highest BCUT2D eigenvalue weighted by molar-refractivity contribution is 6.31. The van der Waals surface area contributed by atoms with Gasteiger partial charge in [0.25, 0.3) is 0 Å². The highest BCUT2D eigenvalue weighted by Crippen LogP contribution is 2.25. The second-order valence-corrected chi connectivity index (χ2v) is 4.70. The van der Waals surface area contributed by atoms with E-state index in [4.69, 9.17) is 11.6 Å². The van der Waals surface area contributed by atoms with Gasteiger partial charge in [-0.05, 0) is 36.6 Å². The summed E-state index contributed by atoms with van der Waals surface area (Å²) in [6, 6.07) is 4.55. The van der Waals surface area contributed by atoms with Gasteiger partial charge in [-0.1, -0.05) is 44.4 Å². The molecule has 0 atom stereocenters. The van der Waals surface area contributed by atoms with E-state index in [1.165, 1.54) is 12.1 Å². The summed E-state index contributed by atoms with van der Waals surface area (Å²) in [7, 11) is 0. The van der Waals surface area contributed by atoms with Crippen molar-refractivity contribution in [2.24, 2.45) is 0 Å². The maximum Gasteiger partial charge on any atom is 0.192 e. The summed E-state index contributed by atoms with van der Waals surface area (Å²) in [5, 5.41) is 10.2. The van der Waals surface area contributed by atoms with Gasteiger partial charge < -0.3 is 5.11 Å². The summed E-state index contributed by atoms with van der Waals surface area (Å²) in [5.41, 5.74) is 1.05. The van der Waals surface area contributed by atoms with Gasteiger partial charge in [-0.3, -0.25) is 4.79 Å². The summed E-state index contributed by atoms with van der Waals surface area (Å²) in [6.07, 6.45) is 5.48. The van der Waals surface area contributed by atoms with Crippen molar-refractivity contribution in [3.05, 3.63) is 40.4 Å². The molecule has 0 aliphatic rings. The Morgan fingerprint density at radius 1 is 1.33 bits per heavy atom. The topological polar surface area (TPSA) is 37.3 Å². The molecule has 0 amide bonds. The number of carbonyl (C=O) groups excluding carboxylic acids is 1. The van der Waals surface area contributed by atoms with Crippen molar-refractivity contribution in [2.45, 2.75) is 39.5 Å². The van der Waals surface area contributed by atoms with E-state index in [1.54, 1.807) is 6.07 Å². The van der Waals surface area contributed by atoms with E-state index in [-0.39, 0.29) is 11.5 Å². The van der Waals surface area contributed by atoms with Crippen LogP contribution in [0, 0.1) is 0 Å². The summed E-state index contributed by atoms with van der Waals surface area (Å²) in [4.78, 5) is 12.3. The molecule has 2 nitrogen and oxygen atoms in total. The number of ketones is 1. The largest absolute Gasteiger partial charge is 0.507 e. The Bertz CT molecular complexity index is 450. The van der Waals surface area contributed by atoms with E-state index in [0.717, 1.165) is 31.3 Å².